The van der Waals surface area contributed by atoms with Gasteiger partial charge in [0.15, 0.2) is 0 Å². The molecule has 0 unspecified atom stereocenters. The maximum atomic E-state index is 13.0. The predicted molar refractivity (Wildman–Crippen MR) is 142 cm³/mol. The first-order valence-corrected chi connectivity index (χ1v) is 13.6. The van der Waals surface area contributed by atoms with Gasteiger partial charge in [0.1, 0.15) is 32.7 Å². The SMILES string of the molecule is Nc1cnc(C#Cc2cc3c(Nc4ccc5c(ccn5S(=O)(=O)c5cccs5)c4)ncnc3s2)cn1. The van der Waals surface area contributed by atoms with Gasteiger partial charge in [-0.05, 0) is 53.6 Å². The number of anilines is 3. The second-order valence-corrected chi connectivity index (χ2v) is 11.6. The Balaban J connectivity index is 1.31. The lowest BCUT2D eigenvalue weighted by atomic mass is 10.2. The number of rotatable bonds is 4. The van der Waals surface area contributed by atoms with Crippen molar-refractivity contribution in [3.8, 4) is 11.8 Å². The molecule has 0 saturated heterocycles. The number of hydrogen-bond donors (Lipinski definition) is 2. The predicted octanol–water partition coefficient (Wildman–Crippen LogP) is 4.46. The van der Waals surface area contributed by atoms with E-state index >= 15 is 0 Å². The van der Waals surface area contributed by atoms with Crippen LogP contribution in [0.4, 0.5) is 17.3 Å². The van der Waals surface area contributed by atoms with E-state index in [2.05, 4.69) is 37.1 Å². The van der Waals surface area contributed by atoms with Gasteiger partial charge >= 0.3 is 0 Å². The molecule has 6 rings (SSSR count). The highest BCUT2D eigenvalue weighted by molar-refractivity contribution is 7.92. The molecule has 3 N–H and O–H groups in total. The summed E-state index contributed by atoms with van der Waals surface area (Å²) in [5.41, 5.74) is 7.45. The molecule has 0 aliphatic rings. The van der Waals surface area contributed by atoms with Gasteiger partial charge in [0, 0.05) is 17.3 Å². The average Bonchev–Trinajstić information content (AvgIpc) is 3.63. The molecule has 0 radical (unpaired) electrons. The summed E-state index contributed by atoms with van der Waals surface area (Å²) in [5.74, 6) is 7.03. The lowest BCUT2D eigenvalue weighted by Gasteiger charge is -2.08. The van der Waals surface area contributed by atoms with Crippen molar-refractivity contribution in [2.45, 2.75) is 4.21 Å². The molecular weight excluding hydrogens is 515 g/mol. The van der Waals surface area contributed by atoms with Gasteiger partial charge in [-0.3, -0.25) is 0 Å². The third-order valence-electron chi connectivity index (χ3n) is 5.24. The van der Waals surface area contributed by atoms with Gasteiger partial charge in [-0.25, -0.2) is 23.9 Å². The Morgan fingerprint density at radius 2 is 1.92 bits per heavy atom. The minimum atomic E-state index is -3.64. The highest BCUT2D eigenvalue weighted by Gasteiger charge is 2.20. The zero-order chi connectivity index (χ0) is 24.7. The van der Waals surface area contributed by atoms with E-state index in [1.54, 1.807) is 35.8 Å². The Labute approximate surface area is 213 Å². The standard InChI is InChI=1S/C24H15N7O2S3/c25-21-13-26-17(12-27-21)3-5-18-11-19-23(28-14-29-24(19)35-18)30-16-4-6-20-15(10-16)7-8-31(20)36(32,33)22-2-1-9-34-22/h1-2,4,6-14H,(H2,25,27)(H,28,29,30). The van der Waals surface area contributed by atoms with E-state index in [-0.39, 0.29) is 0 Å². The van der Waals surface area contributed by atoms with E-state index in [1.165, 1.54) is 45.4 Å². The van der Waals surface area contributed by atoms with E-state index in [9.17, 15) is 8.42 Å². The maximum absolute atomic E-state index is 13.0. The van der Waals surface area contributed by atoms with Crippen molar-refractivity contribution in [1.82, 2.24) is 23.9 Å². The van der Waals surface area contributed by atoms with Crippen LogP contribution in [0.15, 0.2) is 77.0 Å². The van der Waals surface area contributed by atoms with Crippen LogP contribution < -0.4 is 11.1 Å². The first kappa shape index (κ1) is 22.2. The van der Waals surface area contributed by atoms with E-state index in [0.717, 1.165) is 26.2 Å². The number of fused-ring (bicyclic) bond motifs is 2. The van der Waals surface area contributed by atoms with Crippen LogP contribution in [0.1, 0.15) is 10.6 Å². The molecule has 1 aromatic carbocycles. The number of nitrogen functional groups attached to an aromatic ring is 1. The largest absolute Gasteiger partial charge is 0.382 e. The number of hydrogen-bond acceptors (Lipinski definition) is 10. The van der Waals surface area contributed by atoms with Crippen LogP contribution in [0, 0.1) is 11.8 Å². The molecule has 0 fully saturated rings. The van der Waals surface area contributed by atoms with Crippen molar-refractivity contribution < 1.29 is 8.42 Å². The number of nitrogens with two attached hydrogens (primary N) is 1. The number of nitrogens with zero attached hydrogens (tertiary/aromatic N) is 5. The summed E-state index contributed by atoms with van der Waals surface area (Å²) < 4.78 is 27.5. The summed E-state index contributed by atoms with van der Waals surface area (Å²) in [6.45, 7) is 0. The van der Waals surface area contributed by atoms with Crippen LogP contribution in [0.3, 0.4) is 0 Å². The van der Waals surface area contributed by atoms with Gasteiger partial charge in [-0.1, -0.05) is 6.07 Å². The summed E-state index contributed by atoms with van der Waals surface area (Å²) in [4.78, 5) is 18.5. The normalized spacial score (nSPS) is 11.4. The summed E-state index contributed by atoms with van der Waals surface area (Å²) in [6.07, 6.45) is 6.05. The number of benzene rings is 1. The summed E-state index contributed by atoms with van der Waals surface area (Å²) in [6, 6.07) is 12.5. The molecule has 0 aliphatic heterocycles. The third-order valence-corrected chi connectivity index (χ3v) is 9.26. The Hall–Kier alpha value is -4.31. The Morgan fingerprint density at radius 3 is 2.72 bits per heavy atom. The highest BCUT2D eigenvalue weighted by Crippen LogP contribution is 2.31. The van der Waals surface area contributed by atoms with Gasteiger partial charge < -0.3 is 11.1 Å². The van der Waals surface area contributed by atoms with Crippen molar-refractivity contribution in [2.24, 2.45) is 0 Å². The average molecular weight is 530 g/mol. The molecule has 36 heavy (non-hydrogen) atoms. The fraction of sp³-hybridized carbons (Fsp3) is 0. The summed E-state index contributed by atoms with van der Waals surface area (Å²) in [5, 5.41) is 6.68. The van der Waals surface area contributed by atoms with Crippen LogP contribution in [0.5, 0.6) is 0 Å². The second kappa shape index (κ2) is 8.72. The van der Waals surface area contributed by atoms with Gasteiger partial charge in [-0.2, -0.15) is 8.42 Å². The quantitative estimate of drug-likeness (QED) is 0.320. The van der Waals surface area contributed by atoms with Gasteiger partial charge in [0.25, 0.3) is 10.0 Å². The Morgan fingerprint density at radius 1 is 1.00 bits per heavy atom. The second-order valence-electron chi connectivity index (χ2n) is 7.58. The zero-order valence-corrected chi connectivity index (χ0v) is 20.7. The summed E-state index contributed by atoms with van der Waals surface area (Å²) in [7, 11) is -3.64. The maximum Gasteiger partial charge on any atom is 0.277 e. The smallest absolute Gasteiger partial charge is 0.277 e. The molecule has 0 bridgehead atoms. The van der Waals surface area contributed by atoms with Gasteiger partial charge in [0.2, 0.25) is 0 Å². The summed E-state index contributed by atoms with van der Waals surface area (Å²) >= 11 is 2.64. The van der Waals surface area contributed by atoms with Crippen molar-refractivity contribution in [3.63, 3.8) is 0 Å². The van der Waals surface area contributed by atoms with Crippen molar-refractivity contribution in [1.29, 1.82) is 0 Å². The molecule has 0 spiro atoms. The highest BCUT2D eigenvalue weighted by atomic mass is 32.2. The Bertz CT molecular complexity index is 1900. The minimum absolute atomic E-state index is 0.297. The van der Waals surface area contributed by atoms with Crippen LogP contribution in [-0.2, 0) is 10.0 Å². The molecule has 0 atom stereocenters. The van der Waals surface area contributed by atoms with E-state index in [1.807, 2.05) is 18.2 Å². The number of nitrogens with one attached hydrogen (secondary N) is 1. The molecule has 6 aromatic rings. The molecule has 0 saturated carbocycles. The van der Waals surface area contributed by atoms with Crippen molar-refractivity contribution in [2.75, 3.05) is 11.1 Å². The molecule has 5 aromatic heterocycles. The van der Waals surface area contributed by atoms with E-state index in [0.29, 0.717) is 27.1 Å². The number of aromatic nitrogens is 5. The fourth-order valence-corrected chi connectivity index (χ4v) is 6.88. The zero-order valence-electron chi connectivity index (χ0n) is 18.3. The molecule has 0 aliphatic carbocycles. The molecular formula is C24H15N7O2S3. The van der Waals surface area contributed by atoms with Crippen LogP contribution in [0.25, 0.3) is 21.1 Å². The molecule has 0 amide bonds. The van der Waals surface area contributed by atoms with Gasteiger partial charge in [0.05, 0.1) is 28.2 Å². The first-order chi connectivity index (χ1) is 17.5. The minimum Gasteiger partial charge on any atom is -0.382 e. The first-order valence-electron chi connectivity index (χ1n) is 10.5. The number of thiophene rings is 2. The van der Waals surface area contributed by atoms with E-state index in [4.69, 9.17) is 5.73 Å². The lowest BCUT2D eigenvalue weighted by molar-refractivity contribution is 0.591. The topological polar surface area (TPSA) is 129 Å². The Kier molecular flexibility index (Phi) is 5.37. The third kappa shape index (κ3) is 4.05. The van der Waals surface area contributed by atoms with Gasteiger partial charge in [-0.15, -0.1) is 22.7 Å². The van der Waals surface area contributed by atoms with E-state index < -0.39 is 10.0 Å². The lowest BCUT2D eigenvalue weighted by Crippen LogP contribution is -2.10. The van der Waals surface area contributed by atoms with Crippen LogP contribution in [-0.4, -0.2) is 32.3 Å². The molecule has 9 nitrogen and oxygen atoms in total. The molecule has 176 valence electrons. The molecule has 5 heterocycles. The molecule has 12 heteroatoms. The van der Waals surface area contributed by atoms with Crippen LogP contribution >= 0.6 is 22.7 Å². The van der Waals surface area contributed by atoms with Crippen LogP contribution in [0.2, 0.25) is 0 Å². The monoisotopic (exact) mass is 529 g/mol. The van der Waals surface area contributed by atoms with Crippen molar-refractivity contribution in [3.05, 3.63) is 83.3 Å². The fourth-order valence-electron chi connectivity index (χ4n) is 3.59. The van der Waals surface area contributed by atoms with Crippen molar-refractivity contribution >= 4 is 71.1 Å².